The molecule has 0 heterocycles. The second-order valence-corrected chi connectivity index (χ2v) is 4.99. The summed E-state index contributed by atoms with van der Waals surface area (Å²) in [5, 5.41) is 8.92. The van der Waals surface area contributed by atoms with Gasteiger partial charge in [0.05, 0.1) is 5.92 Å². The summed E-state index contributed by atoms with van der Waals surface area (Å²) in [6, 6.07) is 8.44. The van der Waals surface area contributed by atoms with Gasteiger partial charge >= 0.3 is 5.97 Å². The molecule has 3 heteroatoms. The number of hydrogen-bond acceptors (Lipinski definition) is 2. The molecule has 1 aliphatic rings. The molecule has 0 radical (unpaired) electrons. The summed E-state index contributed by atoms with van der Waals surface area (Å²) in [5.74, 6) is -0.573. The van der Waals surface area contributed by atoms with Gasteiger partial charge in [-0.15, -0.1) is 0 Å². The van der Waals surface area contributed by atoms with Gasteiger partial charge < -0.3 is 5.11 Å². The topological polar surface area (TPSA) is 40.5 Å². The molecule has 1 aliphatic carbocycles. The van der Waals surface area contributed by atoms with Gasteiger partial charge in [0.15, 0.2) is 0 Å². The van der Waals surface area contributed by atoms with Gasteiger partial charge in [-0.2, -0.15) is 0 Å². The van der Waals surface area contributed by atoms with Crippen LogP contribution < -0.4 is 0 Å². The standard InChI is InChI=1S/C15H21NO2/c1-3-16(4-2)10-11-5-7-12(8-6-11)13-9-14(13)15(17)18/h5-8,13-14H,3-4,9-10H2,1-2H3,(H,17,18). The molecule has 0 aliphatic heterocycles. The lowest BCUT2D eigenvalue weighted by molar-refractivity contribution is -0.138. The predicted molar refractivity (Wildman–Crippen MR) is 71.6 cm³/mol. The van der Waals surface area contributed by atoms with Crippen LogP contribution in [0.3, 0.4) is 0 Å². The van der Waals surface area contributed by atoms with Crippen molar-refractivity contribution in [2.45, 2.75) is 32.7 Å². The second-order valence-electron chi connectivity index (χ2n) is 4.99. The number of carboxylic acid groups (broad SMARTS) is 1. The molecule has 1 saturated carbocycles. The van der Waals surface area contributed by atoms with Gasteiger partial charge in [0.25, 0.3) is 0 Å². The Morgan fingerprint density at radius 1 is 1.28 bits per heavy atom. The molecule has 1 aromatic rings. The highest BCUT2D eigenvalue weighted by Gasteiger charge is 2.43. The van der Waals surface area contributed by atoms with Crippen LogP contribution in [-0.4, -0.2) is 29.1 Å². The molecule has 1 N–H and O–H groups in total. The van der Waals surface area contributed by atoms with Crippen LogP contribution in [-0.2, 0) is 11.3 Å². The van der Waals surface area contributed by atoms with E-state index in [-0.39, 0.29) is 11.8 Å². The number of benzene rings is 1. The summed E-state index contributed by atoms with van der Waals surface area (Å²) in [6.45, 7) is 7.42. The Hall–Kier alpha value is -1.35. The molecule has 1 fully saturated rings. The summed E-state index contributed by atoms with van der Waals surface area (Å²) in [5.41, 5.74) is 2.47. The lowest BCUT2D eigenvalue weighted by atomic mass is 10.1. The smallest absolute Gasteiger partial charge is 0.307 e. The Labute approximate surface area is 108 Å². The van der Waals surface area contributed by atoms with Gasteiger partial charge in [-0.1, -0.05) is 38.1 Å². The number of hydrogen-bond donors (Lipinski definition) is 1. The fourth-order valence-corrected chi connectivity index (χ4v) is 2.41. The lowest BCUT2D eigenvalue weighted by Gasteiger charge is -2.18. The first-order valence-corrected chi connectivity index (χ1v) is 6.69. The Balaban J connectivity index is 1.96. The highest BCUT2D eigenvalue weighted by atomic mass is 16.4. The van der Waals surface area contributed by atoms with Crippen LogP contribution >= 0.6 is 0 Å². The fourth-order valence-electron chi connectivity index (χ4n) is 2.41. The number of nitrogens with zero attached hydrogens (tertiary/aromatic N) is 1. The molecular formula is C15H21NO2. The van der Waals surface area contributed by atoms with E-state index in [1.54, 1.807) is 0 Å². The van der Waals surface area contributed by atoms with Gasteiger partial charge in [-0.25, -0.2) is 0 Å². The van der Waals surface area contributed by atoms with Crippen molar-refractivity contribution in [2.24, 2.45) is 5.92 Å². The quantitative estimate of drug-likeness (QED) is 0.840. The minimum Gasteiger partial charge on any atom is -0.481 e. The molecule has 18 heavy (non-hydrogen) atoms. The molecule has 2 rings (SSSR count). The van der Waals surface area contributed by atoms with E-state index in [4.69, 9.17) is 5.11 Å². The Kier molecular flexibility index (Phi) is 4.02. The predicted octanol–water partition coefficient (Wildman–Crippen LogP) is 2.72. The minimum absolute atomic E-state index is 0.154. The van der Waals surface area contributed by atoms with Gasteiger partial charge in [0.2, 0.25) is 0 Å². The molecule has 98 valence electrons. The van der Waals surface area contributed by atoms with Gasteiger partial charge in [-0.05, 0) is 36.6 Å². The van der Waals surface area contributed by atoms with E-state index in [0.29, 0.717) is 0 Å². The van der Waals surface area contributed by atoms with E-state index in [1.165, 1.54) is 11.1 Å². The average molecular weight is 247 g/mol. The normalized spacial score (nSPS) is 22.2. The molecule has 3 nitrogen and oxygen atoms in total. The van der Waals surface area contributed by atoms with Crippen LogP contribution in [0, 0.1) is 5.92 Å². The lowest BCUT2D eigenvalue weighted by Crippen LogP contribution is -2.21. The maximum Gasteiger partial charge on any atom is 0.307 e. The average Bonchev–Trinajstić information content (AvgIpc) is 3.17. The zero-order valence-corrected chi connectivity index (χ0v) is 11.1. The van der Waals surface area contributed by atoms with E-state index in [2.05, 4.69) is 43.0 Å². The third-order valence-electron chi connectivity index (χ3n) is 3.82. The Morgan fingerprint density at radius 3 is 2.33 bits per heavy atom. The molecule has 0 amide bonds. The molecule has 1 aromatic carbocycles. The Bertz CT molecular complexity index is 409. The number of carboxylic acids is 1. The maximum atomic E-state index is 10.8. The van der Waals surface area contributed by atoms with Crippen molar-refractivity contribution < 1.29 is 9.90 Å². The minimum atomic E-state index is -0.660. The number of rotatable bonds is 6. The van der Waals surface area contributed by atoms with Crippen LogP contribution in [0.15, 0.2) is 24.3 Å². The molecular weight excluding hydrogens is 226 g/mol. The number of aliphatic carboxylic acids is 1. The molecule has 2 unspecified atom stereocenters. The summed E-state index contributed by atoms with van der Waals surface area (Å²) < 4.78 is 0. The van der Waals surface area contributed by atoms with Crippen molar-refractivity contribution in [3.63, 3.8) is 0 Å². The van der Waals surface area contributed by atoms with Gasteiger partial charge in [0.1, 0.15) is 0 Å². The third kappa shape index (κ3) is 2.91. The van der Waals surface area contributed by atoms with Crippen molar-refractivity contribution in [3.05, 3.63) is 35.4 Å². The van der Waals surface area contributed by atoms with E-state index < -0.39 is 5.97 Å². The van der Waals surface area contributed by atoms with E-state index in [9.17, 15) is 4.79 Å². The second kappa shape index (κ2) is 5.53. The van der Waals surface area contributed by atoms with Crippen LogP contribution in [0.25, 0.3) is 0 Å². The first kappa shape index (κ1) is 13.1. The molecule has 0 bridgehead atoms. The van der Waals surface area contributed by atoms with E-state index in [0.717, 1.165) is 26.1 Å². The van der Waals surface area contributed by atoms with Crippen molar-refractivity contribution in [2.75, 3.05) is 13.1 Å². The SMILES string of the molecule is CCN(CC)Cc1ccc(C2CC2C(=O)O)cc1. The zero-order valence-electron chi connectivity index (χ0n) is 11.1. The van der Waals surface area contributed by atoms with Gasteiger partial charge in [-0.3, -0.25) is 9.69 Å². The van der Waals surface area contributed by atoms with Crippen molar-refractivity contribution in [1.82, 2.24) is 4.90 Å². The van der Waals surface area contributed by atoms with Crippen LogP contribution in [0.1, 0.15) is 37.3 Å². The third-order valence-corrected chi connectivity index (χ3v) is 3.82. The van der Waals surface area contributed by atoms with Crippen molar-refractivity contribution in [1.29, 1.82) is 0 Å². The first-order chi connectivity index (χ1) is 8.65. The molecule has 2 atom stereocenters. The zero-order chi connectivity index (χ0) is 13.1. The highest BCUT2D eigenvalue weighted by Crippen LogP contribution is 2.47. The molecule has 0 aromatic heterocycles. The van der Waals surface area contributed by atoms with Gasteiger partial charge in [0, 0.05) is 6.54 Å². The van der Waals surface area contributed by atoms with Crippen LogP contribution in [0.5, 0.6) is 0 Å². The van der Waals surface area contributed by atoms with E-state index >= 15 is 0 Å². The maximum absolute atomic E-state index is 10.8. The number of carbonyl (C=O) groups is 1. The van der Waals surface area contributed by atoms with E-state index in [1.807, 2.05) is 0 Å². The molecule has 0 saturated heterocycles. The Morgan fingerprint density at radius 2 is 1.89 bits per heavy atom. The summed E-state index contributed by atoms with van der Waals surface area (Å²) in [4.78, 5) is 13.2. The molecule has 0 spiro atoms. The van der Waals surface area contributed by atoms with Crippen LogP contribution in [0.4, 0.5) is 0 Å². The van der Waals surface area contributed by atoms with Crippen molar-refractivity contribution in [3.8, 4) is 0 Å². The monoisotopic (exact) mass is 247 g/mol. The van der Waals surface area contributed by atoms with Crippen molar-refractivity contribution >= 4 is 5.97 Å². The summed E-state index contributed by atoms with van der Waals surface area (Å²) in [7, 11) is 0. The first-order valence-electron chi connectivity index (χ1n) is 6.69. The summed E-state index contributed by atoms with van der Waals surface area (Å²) in [6.07, 6.45) is 0.796. The summed E-state index contributed by atoms with van der Waals surface area (Å²) >= 11 is 0. The van der Waals surface area contributed by atoms with Crippen LogP contribution in [0.2, 0.25) is 0 Å². The fraction of sp³-hybridized carbons (Fsp3) is 0.533. The highest BCUT2D eigenvalue weighted by molar-refractivity contribution is 5.75. The largest absolute Gasteiger partial charge is 0.481 e.